The Morgan fingerprint density at radius 3 is 2.00 bits per heavy atom. The summed E-state index contributed by atoms with van der Waals surface area (Å²) in [7, 11) is 4.37. The molecule has 47 heavy (non-hydrogen) atoms. The fourth-order valence-corrected chi connectivity index (χ4v) is 5.00. The highest BCUT2D eigenvalue weighted by molar-refractivity contribution is 8.00. The van der Waals surface area contributed by atoms with Gasteiger partial charge < -0.3 is 30.2 Å². The number of amides is 3. The third kappa shape index (κ3) is 9.30. The molecule has 0 aliphatic heterocycles. The number of halogens is 3. The number of carbonyl (C=O) groups is 3. The molecule has 3 N–H and O–H groups in total. The van der Waals surface area contributed by atoms with Gasteiger partial charge in [0, 0.05) is 16.1 Å². The molecule has 4 aromatic rings. The van der Waals surface area contributed by atoms with E-state index in [0.29, 0.717) is 39.0 Å². The lowest BCUT2D eigenvalue weighted by atomic mass is 10.1. The van der Waals surface area contributed by atoms with E-state index in [4.69, 9.17) is 14.2 Å². The van der Waals surface area contributed by atoms with Crippen LogP contribution in [0.3, 0.4) is 0 Å². The van der Waals surface area contributed by atoms with Crippen molar-refractivity contribution >= 4 is 46.9 Å². The number of benzene rings is 4. The molecular formula is C34H30F3N3O6S. The second-order valence-electron chi connectivity index (χ2n) is 9.70. The minimum absolute atomic E-state index is 0.0811. The van der Waals surface area contributed by atoms with E-state index in [2.05, 4.69) is 16.0 Å². The van der Waals surface area contributed by atoms with Crippen molar-refractivity contribution in [3.05, 3.63) is 113 Å². The van der Waals surface area contributed by atoms with Crippen LogP contribution in [0.25, 0.3) is 6.08 Å². The van der Waals surface area contributed by atoms with Gasteiger partial charge in [-0.15, -0.1) is 11.8 Å². The van der Waals surface area contributed by atoms with Crippen LogP contribution in [0.15, 0.2) is 102 Å². The van der Waals surface area contributed by atoms with Crippen LogP contribution in [0.1, 0.15) is 21.5 Å². The summed E-state index contributed by atoms with van der Waals surface area (Å²) in [4.78, 5) is 39.5. The molecule has 0 saturated heterocycles. The van der Waals surface area contributed by atoms with Crippen molar-refractivity contribution in [2.45, 2.75) is 11.1 Å². The minimum atomic E-state index is -4.61. The average Bonchev–Trinajstić information content (AvgIpc) is 3.07. The smallest absolute Gasteiger partial charge is 0.418 e. The predicted octanol–water partition coefficient (Wildman–Crippen LogP) is 6.87. The Balaban J connectivity index is 1.49. The van der Waals surface area contributed by atoms with Gasteiger partial charge in [0.05, 0.1) is 38.3 Å². The third-order valence-electron chi connectivity index (χ3n) is 6.52. The highest BCUT2D eigenvalue weighted by Gasteiger charge is 2.33. The molecule has 0 saturated carbocycles. The lowest BCUT2D eigenvalue weighted by Gasteiger charge is -2.15. The van der Waals surface area contributed by atoms with Crippen LogP contribution in [0, 0.1) is 0 Å². The molecular weight excluding hydrogens is 635 g/mol. The number of thioether (sulfide) groups is 1. The quantitative estimate of drug-likeness (QED) is 0.112. The maximum absolute atomic E-state index is 13.5. The van der Waals surface area contributed by atoms with Crippen molar-refractivity contribution in [1.82, 2.24) is 5.32 Å². The molecule has 0 aliphatic rings. The number of para-hydroxylation sites is 1. The largest absolute Gasteiger partial charge is 0.493 e. The Bertz CT molecular complexity index is 1740. The number of anilines is 2. The van der Waals surface area contributed by atoms with Crippen LogP contribution in [0.5, 0.6) is 17.2 Å². The lowest BCUT2D eigenvalue weighted by molar-refractivity contribution is -0.137. The Morgan fingerprint density at radius 1 is 0.787 bits per heavy atom. The summed E-state index contributed by atoms with van der Waals surface area (Å²) in [6, 6.07) is 22.8. The van der Waals surface area contributed by atoms with Crippen molar-refractivity contribution < 1.29 is 41.8 Å². The van der Waals surface area contributed by atoms with Gasteiger partial charge in [0.15, 0.2) is 11.5 Å². The van der Waals surface area contributed by atoms with Crippen molar-refractivity contribution in [3.8, 4) is 17.2 Å². The van der Waals surface area contributed by atoms with Gasteiger partial charge in [0.25, 0.3) is 11.8 Å². The Morgan fingerprint density at radius 2 is 1.40 bits per heavy atom. The van der Waals surface area contributed by atoms with E-state index in [1.54, 1.807) is 66.7 Å². The zero-order valence-electron chi connectivity index (χ0n) is 25.4. The molecule has 3 amide bonds. The van der Waals surface area contributed by atoms with Gasteiger partial charge in [-0.2, -0.15) is 13.2 Å². The van der Waals surface area contributed by atoms with Gasteiger partial charge in [-0.25, -0.2) is 0 Å². The van der Waals surface area contributed by atoms with Gasteiger partial charge in [-0.05, 0) is 72.3 Å². The summed E-state index contributed by atoms with van der Waals surface area (Å²) in [5.74, 6) is -0.857. The predicted molar refractivity (Wildman–Crippen MR) is 174 cm³/mol. The number of ether oxygens (including phenoxy) is 3. The molecule has 0 heterocycles. The van der Waals surface area contributed by atoms with E-state index in [-0.39, 0.29) is 17.1 Å². The maximum Gasteiger partial charge on any atom is 0.418 e. The van der Waals surface area contributed by atoms with Gasteiger partial charge in [-0.1, -0.05) is 30.3 Å². The number of alkyl halides is 3. The highest BCUT2D eigenvalue weighted by Crippen LogP contribution is 2.39. The summed E-state index contributed by atoms with van der Waals surface area (Å²) in [5.41, 5.74) is -0.144. The second kappa shape index (κ2) is 15.7. The Labute approximate surface area is 273 Å². The standard InChI is InChI=1S/C34H30F3N3O6S/c1-44-28-18-21(19-29(45-2)31(28)46-3)17-27(40-32(42)22-9-5-4-6-10-22)33(43)38-23-13-15-24(16-14-23)47-20-30(41)39-26-12-8-7-11-25(26)34(35,36)37/h4-19H,20H2,1-3H3,(H,38,43)(H,39,41)(H,40,42)/b27-17-. The molecule has 4 aromatic carbocycles. The first-order valence-corrected chi connectivity index (χ1v) is 14.9. The van der Waals surface area contributed by atoms with E-state index in [9.17, 15) is 27.6 Å². The lowest BCUT2D eigenvalue weighted by Crippen LogP contribution is -2.30. The molecule has 4 rings (SSSR count). The van der Waals surface area contributed by atoms with Crippen LogP contribution < -0.4 is 30.2 Å². The maximum atomic E-state index is 13.5. The van der Waals surface area contributed by atoms with Gasteiger partial charge >= 0.3 is 6.18 Å². The Kier molecular flexibility index (Phi) is 11.5. The minimum Gasteiger partial charge on any atom is -0.493 e. The monoisotopic (exact) mass is 665 g/mol. The number of hydrogen-bond acceptors (Lipinski definition) is 7. The summed E-state index contributed by atoms with van der Waals surface area (Å²) in [6.45, 7) is 0. The molecule has 0 aliphatic carbocycles. The first kappa shape index (κ1) is 34.4. The van der Waals surface area contributed by atoms with Crippen molar-refractivity contribution in [3.63, 3.8) is 0 Å². The zero-order valence-corrected chi connectivity index (χ0v) is 26.3. The second-order valence-corrected chi connectivity index (χ2v) is 10.7. The normalized spacial score (nSPS) is 11.3. The molecule has 9 nitrogen and oxygen atoms in total. The van der Waals surface area contributed by atoms with Crippen LogP contribution in [-0.4, -0.2) is 44.8 Å². The SMILES string of the molecule is COc1cc(/C=C(\NC(=O)c2ccccc2)C(=O)Nc2ccc(SCC(=O)Nc3ccccc3C(F)(F)F)cc2)cc(OC)c1OC. The van der Waals surface area contributed by atoms with Gasteiger partial charge in [-0.3, -0.25) is 14.4 Å². The summed E-state index contributed by atoms with van der Waals surface area (Å²) in [5, 5.41) is 7.71. The Hall–Kier alpha value is -5.43. The van der Waals surface area contributed by atoms with Crippen molar-refractivity contribution in [2.24, 2.45) is 0 Å². The van der Waals surface area contributed by atoms with E-state index in [1.165, 1.54) is 45.6 Å². The van der Waals surface area contributed by atoms with Crippen molar-refractivity contribution in [1.29, 1.82) is 0 Å². The number of carbonyl (C=O) groups excluding carboxylic acids is 3. The van der Waals surface area contributed by atoms with Crippen LogP contribution >= 0.6 is 11.8 Å². The number of rotatable bonds is 12. The fraction of sp³-hybridized carbons (Fsp3) is 0.147. The summed E-state index contributed by atoms with van der Waals surface area (Å²) in [6.07, 6.45) is -3.15. The summed E-state index contributed by atoms with van der Waals surface area (Å²) < 4.78 is 55.9. The molecule has 244 valence electrons. The topological polar surface area (TPSA) is 115 Å². The van der Waals surface area contributed by atoms with Gasteiger partial charge in [0.1, 0.15) is 5.70 Å². The molecule has 0 aromatic heterocycles. The van der Waals surface area contributed by atoms with Crippen LogP contribution in [0.4, 0.5) is 24.5 Å². The van der Waals surface area contributed by atoms with E-state index >= 15 is 0 Å². The molecule has 13 heteroatoms. The van der Waals surface area contributed by atoms with E-state index in [0.717, 1.165) is 17.8 Å². The first-order chi connectivity index (χ1) is 22.5. The molecule has 0 spiro atoms. The van der Waals surface area contributed by atoms with Gasteiger partial charge in [0.2, 0.25) is 11.7 Å². The molecule has 0 atom stereocenters. The molecule has 0 unspecified atom stereocenters. The number of hydrogen-bond donors (Lipinski definition) is 3. The van der Waals surface area contributed by atoms with Crippen LogP contribution in [0.2, 0.25) is 0 Å². The zero-order chi connectivity index (χ0) is 34.0. The number of nitrogens with one attached hydrogen (secondary N) is 3. The fourth-order valence-electron chi connectivity index (χ4n) is 4.30. The molecule has 0 bridgehead atoms. The number of methoxy groups -OCH3 is 3. The summed E-state index contributed by atoms with van der Waals surface area (Å²) >= 11 is 1.10. The van der Waals surface area contributed by atoms with Crippen LogP contribution in [-0.2, 0) is 15.8 Å². The average molecular weight is 666 g/mol. The third-order valence-corrected chi connectivity index (χ3v) is 7.53. The van der Waals surface area contributed by atoms with Crippen molar-refractivity contribution in [2.75, 3.05) is 37.7 Å². The highest BCUT2D eigenvalue weighted by atomic mass is 32.2. The van der Waals surface area contributed by atoms with E-state index < -0.39 is 29.5 Å². The molecule has 0 fully saturated rings. The molecule has 0 radical (unpaired) electrons. The first-order valence-electron chi connectivity index (χ1n) is 13.9. The van der Waals surface area contributed by atoms with E-state index in [1.807, 2.05) is 0 Å².